The summed E-state index contributed by atoms with van der Waals surface area (Å²) in [6, 6.07) is 8.95. The van der Waals surface area contributed by atoms with E-state index in [9.17, 15) is 21.6 Å². The second kappa shape index (κ2) is 7.37. The highest BCUT2D eigenvalue weighted by molar-refractivity contribution is 7.94. The molecule has 0 spiro atoms. The number of amides is 1. The number of hydrogen-bond acceptors (Lipinski definition) is 6. The van der Waals surface area contributed by atoms with E-state index in [1.807, 2.05) is 12.1 Å². The van der Waals surface area contributed by atoms with Crippen molar-refractivity contribution in [2.45, 2.75) is 17.7 Å². The Labute approximate surface area is 158 Å². The summed E-state index contributed by atoms with van der Waals surface area (Å²) in [7, 11) is -5.92. The highest BCUT2D eigenvalue weighted by Crippen LogP contribution is 2.27. The summed E-state index contributed by atoms with van der Waals surface area (Å²) in [6.45, 7) is 0.285. The van der Waals surface area contributed by atoms with Crippen molar-refractivity contribution in [2.24, 2.45) is 0 Å². The van der Waals surface area contributed by atoms with Crippen LogP contribution >= 0.6 is 0 Å². The molecule has 27 heavy (non-hydrogen) atoms. The molecule has 144 valence electrons. The maximum Gasteiger partial charge on any atom is 0.242 e. The molecule has 1 amide bonds. The maximum absolute atomic E-state index is 12.7. The fraction of sp³-hybridized carbons (Fsp3) is 0.294. The molecule has 8 nitrogen and oxygen atoms in total. The molecular weight excluding hydrogens is 390 g/mol. The van der Waals surface area contributed by atoms with E-state index in [2.05, 4.69) is 4.98 Å². The second-order valence-corrected chi connectivity index (χ2v) is 10.1. The quantitative estimate of drug-likeness (QED) is 0.705. The zero-order valence-electron chi connectivity index (χ0n) is 14.6. The van der Waals surface area contributed by atoms with Crippen LogP contribution in [0.3, 0.4) is 0 Å². The molecule has 2 aromatic rings. The Hall–Kier alpha value is -2.30. The predicted octanol–water partition coefficient (Wildman–Crippen LogP) is 1.01. The number of aromatic nitrogens is 1. The fourth-order valence-corrected chi connectivity index (χ4v) is 5.39. The molecule has 1 aliphatic rings. The molecule has 0 unspecified atom stereocenters. The number of pyridine rings is 1. The Bertz CT molecular complexity index is 1040. The van der Waals surface area contributed by atoms with Crippen molar-refractivity contribution in [1.82, 2.24) is 9.29 Å². The molecule has 10 heteroatoms. The zero-order chi connectivity index (χ0) is 19.7. The van der Waals surface area contributed by atoms with Crippen molar-refractivity contribution in [1.29, 1.82) is 0 Å². The van der Waals surface area contributed by atoms with Gasteiger partial charge in [0.1, 0.15) is 0 Å². The molecule has 0 saturated carbocycles. The van der Waals surface area contributed by atoms with Crippen LogP contribution in [0.15, 0.2) is 53.7 Å². The van der Waals surface area contributed by atoms with Gasteiger partial charge in [0.25, 0.3) is 0 Å². The number of sulfonamides is 2. The van der Waals surface area contributed by atoms with Gasteiger partial charge in [0, 0.05) is 32.4 Å². The van der Waals surface area contributed by atoms with Gasteiger partial charge in [-0.25, -0.2) is 25.4 Å². The van der Waals surface area contributed by atoms with Crippen LogP contribution in [0.25, 0.3) is 0 Å². The first kappa shape index (κ1) is 19.5. The SMILES string of the molecule is CN(CCc1ccncc1)S(=O)(=O)c1ccc(N2C(=O)CCS2(=O)=O)cc1. The molecule has 1 aliphatic heterocycles. The molecular formula is C17H19N3O5S2. The van der Waals surface area contributed by atoms with E-state index in [-0.39, 0.29) is 29.3 Å². The predicted molar refractivity (Wildman–Crippen MR) is 100 cm³/mol. The molecule has 0 bridgehead atoms. The van der Waals surface area contributed by atoms with E-state index in [0.717, 1.165) is 9.87 Å². The number of benzene rings is 1. The van der Waals surface area contributed by atoms with Crippen LogP contribution < -0.4 is 4.31 Å². The van der Waals surface area contributed by atoms with Gasteiger partial charge in [-0.3, -0.25) is 9.78 Å². The molecule has 3 rings (SSSR count). The minimum absolute atomic E-state index is 0.0347. The van der Waals surface area contributed by atoms with Gasteiger partial charge in [0.15, 0.2) is 0 Å². The summed E-state index contributed by atoms with van der Waals surface area (Å²) in [4.78, 5) is 15.8. The van der Waals surface area contributed by atoms with Crippen LogP contribution in [0.1, 0.15) is 12.0 Å². The fourth-order valence-electron chi connectivity index (χ4n) is 2.76. The van der Waals surface area contributed by atoms with Gasteiger partial charge in [-0.1, -0.05) is 0 Å². The number of rotatable bonds is 6. The van der Waals surface area contributed by atoms with Crippen LogP contribution in [0.5, 0.6) is 0 Å². The number of hydrogen-bond donors (Lipinski definition) is 0. The topological polar surface area (TPSA) is 105 Å². The lowest BCUT2D eigenvalue weighted by atomic mass is 10.2. The Morgan fingerprint density at radius 2 is 1.74 bits per heavy atom. The third kappa shape index (κ3) is 4.02. The molecule has 0 atom stereocenters. The molecule has 1 aromatic heterocycles. The summed E-state index contributed by atoms with van der Waals surface area (Å²) in [5.74, 6) is -0.746. The Kier molecular flexibility index (Phi) is 5.31. The Balaban J connectivity index is 1.76. The van der Waals surface area contributed by atoms with Gasteiger partial charge in [-0.15, -0.1) is 0 Å². The number of nitrogens with zero attached hydrogens (tertiary/aromatic N) is 3. The van der Waals surface area contributed by atoms with Crippen molar-refractivity contribution in [3.05, 3.63) is 54.4 Å². The minimum atomic E-state index is -3.73. The first-order valence-electron chi connectivity index (χ1n) is 8.23. The highest BCUT2D eigenvalue weighted by atomic mass is 32.2. The lowest BCUT2D eigenvalue weighted by Crippen LogP contribution is -2.30. The average molecular weight is 409 g/mol. The number of likely N-dealkylation sites (N-methyl/N-ethyl adjacent to an activating group) is 1. The van der Waals surface area contributed by atoms with Crippen molar-refractivity contribution < 1.29 is 21.6 Å². The lowest BCUT2D eigenvalue weighted by Gasteiger charge is -2.19. The van der Waals surface area contributed by atoms with E-state index in [4.69, 9.17) is 0 Å². The van der Waals surface area contributed by atoms with Gasteiger partial charge in [-0.05, 0) is 48.4 Å². The van der Waals surface area contributed by atoms with Crippen LogP contribution in [0, 0.1) is 0 Å². The van der Waals surface area contributed by atoms with E-state index < -0.39 is 26.0 Å². The molecule has 1 fully saturated rings. The highest BCUT2D eigenvalue weighted by Gasteiger charge is 2.36. The molecule has 1 aromatic carbocycles. The monoisotopic (exact) mass is 409 g/mol. The van der Waals surface area contributed by atoms with Crippen molar-refractivity contribution in [3.8, 4) is 0 Å². The van der Waals surface area contributed by atoms with E-state index in [1.54, 1.807) is 12.4 Å². The minimum Gasteiger partial charge on any atom is -0.273 e. The van der Waals surface area contributed by atoms with E-state index >= 15 is 0 Å². The van der Waals surface area contributed by atoms with Crippen molar-refractivity contribution in [2.75, 3.05) is 23.7 Å². The first-order valence-corrected chi connectivity index (χ1v) is 11.3. The zero-order valence-corrected chi connectivity index (χ0v) is 16.3. The van der Waals surface area contributed by atoms with Gasteiger partial charge in [-0.2, -0.15) is 0 Å². The Morgan fingerprint density at radius 1 is 1.11 bits per heavy atom. The summed E-state index contributed by atoms with van der Waals surface area (Å²) in [5.41, 5.74) is 1.12. The van der Waals surface area contributed by atoms with Crippen molar-refractivity contribution >= 4 is 31.6 Å². The van der Waals surface area contributed by atoms with Gasteiger partial charge < -0.3 is 0 Å². The normalized spacial score (nSPS) is 16.8. The summed E-state index contributed by atoms with van der Waals surface area (Å²) < 4.78 is 51.3. The van der Waals surface area contributed by atoms with Gasteiger partial charge in [0.05, 0.1) is 16.3 Å². The Morgan fingerprint density at radius 3 is 2.30 bits per heavy atom. The number of anilines is 1. The van der Waals surface area contributed by atoms with Gasteiger partial charge >= 0.3 is 0 Å². The third-order valence-corrected chi connectivity index (χ3v) is 7.88. The van der Waals surface area contributed by atoms with Crippen LogP contribution in [0.2, 0.25) is 0 Å². The summed E-state index contributed by atoms with van der Waals surface area (Å²) in [5, 5.41) is 0. The van der Waals surface area contributed by atoms with Crippen molar-refractivity contribution in [3.63, 3.8) is 0 Å². The maximum atomic E-state index is 12.7. The number of carbonyl (C=O) groups excluding carboxylic acids is 1. The van der Waals surface area contributed by atoms with Crippen LogP contribution in [-0.4, -0.2) is 51.4 Å². The first-order chi connectivity index (χ1) is 12.7. The van der Waals surface area contributed by atoms with Crippen LogP contribution in [-0.2, 0) is 31.3 Å². The molecule has 0 N–H and O–H groups in total. The standard InChI is InChI=1S/C17H19N3O5S2/c1-19(12-8-14-6-10-18-11-7-14)27(24,25)16-4-2-15(3-5-16)20-17(21)9-13-26(20,22)23/h2-7,10-11H,8-9,12-13H2,1H3. The molecule has 0 radical (unpaired) electrons. The second-order valence-electron chi connectivity index (χ2n) is 6.15. The summed E-state index contributed by atoms with van der Waals surface area (Å²) in [6.07, 6.45) is 3.77. The third-order valence-electron chi connectivity index (χ3n) is 4.32. The van der Waals surface area contributed by atoms with E-state index in [0.29, 0.717) is 6.42 Å². The smallest absolute Gasteiger partial charge is 0.242 e. The van der Waals surface area contributed by atoms with E-state index in [1.165, 1.54) is 35.6 Å². The lowest BCUT2D eigenvalue weighted by molar-refractivity contribution is -0.116. The summed E-state index contributed by atoms with van der Waals surface area (Å²) >= 11 is 0. The average Bonchev–Trinajstić information content (AvgIpc) is 2.93. The van der Waals surface area contributed by atoms with Gasteiger partial charge in [0.2, 0.25) is 26.0 Å². The molecule has 1 saturated heterocycles. The van der Waals surface area contributed by atoms with Crippen LogP contribution in [0.4, 0.5) is 5.69 Å². The largest absolute Gasteiger partial charge is 0.273 e. The number of carbonyl (C=O) groups is 1. The molecule has 2 heterocycles. The molecule has 0 aliphatic carbocycles.